The van der Waals surface area contributed by atoms with Crippen molar-refractivity contribution < 1.29 is 23.1 Å². The zero-order valence-corrected chi connectivity index (χ0v) is 16.7. The molecule has 0 bridgehead atoms. The second kappa shape index (κ2) is 8.41. The van der Waals surface area contributed by atoms with Crippen LogP contribution in [0.4, 0.5) is 22.7 Å². The summed E-state index contributed by atoms with van der Waals surface area (Å²) in [4.78, 5) is 33.2. The molecule has 0 aliphatic rings. The number of non-ortho nitro benzene ring substituents is 2. The number of nitro groups is 2. The van der Waals surface area contributed by atoms with Crippen LogP contribution in [0.25, 0.3) is 0 Å². The summed E-state index contributed by atoms with van der Waals surface area (Å²) in [5.74, 6) is -0.843. The van der Waals surface area contributed by atoms with Gasteiger partial charge in [0.1, 0.15) is 6.04 Å². The van der Waals surface area contributed by atoms with Crippen molar-refractivity contribution >= 4 is 50.3 Å². The molecule has 2 aromatic carbocycles. The van der Waals surface area contributed by atoms with Crippen LogP contribution >= 0.6 is 11.6 Å². The van der Waals surface area contributed by atoms with E-state index in [0.717, 1.165) is 24.5 Å². The molecule has 0 aromatic heterocycles. The van der Waals surface area contributed by atoms with E-state index < -0.39 is 31.8 Å². The Labute approximate surface area is 170 Å². The fourth-order valence-electron chi connectivity index (χ4n) is 2.51. The highest BCUT2D eigenvalue weighted by Crippen LogP contribution is 2.29. The minimum absolute atomic E-state index is 0.0115. The molecule has 0 fully saturated rings. The van der Waals surface area contributed by atoms with E-state index in [-0.39, 0.29) is 27.8 Å². The lowest BCUT2D eigenvalue weighted by atomic mass is 10.2. The number of halogens is 1. The van der Waals surface area contributed by atoms with E-state index in [1.165, 1.54) is 31.2 Å². The first-order valence-corrected chi connectivity index (χ1v) is 10.1. The zero-order valence-electron chi connectivity index (χ0n) is 15.1. The van der Waals surface area contributed by atoms with Gasteiger partial charge in [-0.05, 0) is 19.1 Å². The van der Waals surface area contributed by atoms with Gasteiger partial charge in [-0.3, -0.25) is 29.3 Å². The van der Waals surface area contributed by atoms with Gasteiger partial charge in [-0.2, -0.15) is 0 Å². The van der Waals surface area contributed by atoms with Gasteiger partial charge in [-0.15, -0.1) is 0 Å². The van der Waals surface area contributed by atoms with Crippen LogP contribution < -0.4 is 9.62 Å². The molecule has 29 heavy (non-hydrogen) atoms. The van der Waals surface area contributed by atoms with Gasteiger partial charge in [0.2, 0.25) is 15.9 Å². The lowest BCUT2D eigenvalue weighted by Gasteiger charge is -2.28. The van der Waals surface area contributed by atoms with E-state index in [2.05, 4.69) is 5.32 Å². The minimum Gasteiger partial charge on any atom is -0.323 e. The predicted octanol–water partition coefficient (Wildman–Crippen LogP) is 2.95. The molecular formula is C16H15ClN4O7S. The highest BCUT2D eigenvalue weighted by Gasteiger charge is 2.30. The smallest absolute Gasteiger partial charge is 0.271 e. The number of nitrogens with one attached hydrogen (secondary N) is 1. The Kier molecular flexibility index (Phi) is 6.39. The fraction of sp³-hybridized carbons (Fsp3) is 0.188. The molecule has 0 aliphatic carbocycles. The van der Waals surface area contributed by atoms with Crippen LogP contribution in [-0.4, -0.2) is 36.5 Å². The number of carbonyl (C=O) groups excluding carboxylic acids is 1. The Hall–Kier alpha value is -3.25. The second-order valence-electron chi connectivity index (χ2n) is 5.92. The molecule has 0 heterocycles. The average molecular weight is 443 g/mol. The summed E-state index contributed by atoms with van der Waals surface area (Å²) < 4.78 is 25.3. The molecule has 0 radical (unpaired) electrons. The molecule has 2 aromatic rings. The van der Waals surface area contributed by atoms with E-state index in [0.29, 0.717) is 4.31 Å². The Morgan fingerprint density at radius 3 is 2.24 bits per heavy atom. The Morgan fingerprint density at radius 1 is 1.10 bits per heavy atom. The third kappa shape index (κ3) is 5.18. The van der Waals surface area contributed by atoms with E-state index in [1.54, 1.807) is 0 Å². The number of benzene rings is 2. The Bertz CT molecular complexity index is 1090. The maximum absolute atomic E-state index is 12.6. The van der Waals surface area contributed by atoms with Gasteiger partial charge in [0.05, 0.1) is 32.5 Å². The summed E-state index contributed by atoms with van der Waals surface area (Å²) in [6.07, 6.45) is 0.843. The summed E-state index contributed by atoms with van der Waals surface area (Å²) in [6.45, 7) is 1.26. The van der Waals surface area contributed by atoms with Gasteiger partial charge in [0.25, 0.3) is 11.4 Å². The molecular weight excluding hydrogens is 428 g/mol. The molecule has 0 saturated carbocycles. The first-order valence-electron chi connectivity index (χ1n) is 7.90. The van der Waals surface area contributed by atoms with Gasteiger partial charge in [-0.25, -0.2) is 8.42 Å². The minimum atomic E-state index is -4.02. The van der Waals surface area contributed by atoms with E-state index in [4.69, 9.17) is 11.6 Å². The topological polar surface area (TPSA) is 153 Å². The number of anilines is 2. The van der Waals surface area contributed by atoms with Gasteiger partial charge in [-0.1, -0.05) is 17.7 Å². The molecule has 2 rings (SSSR count). The molecule has 0 spiro atoms. The van der Waals surface area contributed by atoms with E-state index in [9.17, 15) is 33.4 Å². The van der Waals surface area contributed by atoms with Crippen LogP contribution in [0, 0.1) is 20.2 Å². The number of nitro benzene ring substituents is 2. The Morgan fingerprint density at radius 2 is 1.69 bits per heavy atom. The molecule has 1 N–H and O–H groups in total. The molecule has 1 amide bonds. The van der Waals surface area contributed by atoms with Crippen LogP contribution in [-0.2, 0) is 14.8 Å². The van der Waals surface area contributed by atoms with Crippen molar-refractivity contribution in [2.75, 3.05) is 15.9 Å². The summed E-state index contributed by atoms with van der Waals surface area (Å²) in [5.41, 5.74) is -0.846. The van der Waals surface area contributed by atoms with Gasteiger partial charge < -0.3 is 5.32 Å². The number of carbonyl (C=O) groups is 1. The average Bonchev–Trinajstić information content (AvgIpc) is 2.62. The van der Waals surface area contributed by atoms with Crippen LogP contribution in [0.1, 0.15) is 6.92 Å². The number of amides is 1. The summed E-state index contributed by atoms with van der Waals surface area (Å²) in [6, 6.07) is 6.84. The van der Waals surface area contributed by atoms with Crippen LogP contribution in [0.3, 0.4) is 0 Å². The van der Waals surface area contributed by atoms with Crippen LogP contribution in [0.5, 0.6) is 0 Å². The highest BCUT2D eigenvalue weighted by atomic mass is 35.5. The molecule has 0 saturated heterocycles. The monoisotopic (exact) mass is 442 g/mol. The van der Waals surface area contributed by atoms with Crippen molar-refractivity contribution in [2.24, 2.45) is 0 Å². The van der Waals surface area contributed by atoms with Crippen molar-refractivity contribution in [1.29, 1.82) is 0 Å². The lowest BCUT2D eigenvalue weighted by Crippen LogP contribution is -2.45. The molecule has 11 nitrogen and oxygen atoms in total. The van der Waals surface area contributed by atoms with Gasteiger partial charge in [0.15, 0.2) is 0 Å². The second-order valence-corrected chi connectivity index (χ2v) is 8.19. The fourth-order valence-corrected chi connectivity index (χ4v) is 3.84. The number of rotatable bonds is 7. The van der Waals surface area contributed by atoms with Crippen molar-refractivity contribution in [3.05, 3.63) is 67.7 Å². The first-order chi connectivity index (χ1) is 13.4. The maximum Gasteiger partial charge on any atom is 0.271 e. The van der Waals surface area contributed by atoms with Crippen LogP contribution in [0.2, 0.25) is 5.02 Å². The summed E-state index contributed by atoms with van der Waals surface area (Å²) >= 11 is 5.95. The number of hydrogen-bond acceptors (Lipinski definition) is 7. The number of sulfonamides is 1. The number of hydrogen-bond donors (Lipinski definition) is 1. The summed E-state index contributed by atoms with van der Waals surface area (Å²) in [5, 5.41) is 24.2. The summed E-state index contributed by atoms with van der Waals surface area (Å²) in [7, 11) is -4.02. The molecule has 1 atom stereocenters. The van der Waals surface area contributed by atoms with Crippen molar-refractivity contribution in [3.8, 4) is 0 Å². The van der Waals surface area contributed by atoms with Crippen molar-refractivity contribution in [1.82, 2.24) is 0 Å². The predicted molar refractivity (Wildman–Crippen MR) is 107 cm³/mol. The lowest BCUT2D eigenvalue weighted by molar-refractivity contribution is -0.385. The van der Waals surface area contributed by atoms with E-state index >= 15 is 0 Å². The SMILES string of the molecule is CC(C(=O)Nc1cc([N+](=O)[O-])ccc1Cl)N(c1cccc([N+](=O)[O-])c1)S(C)(=O)=O. The highest BCUT2D eigenvalue weighted by molar-refractivity contribution is 7.92. The normalized spacial score (nSPS) is 12.1. The van der Waals surface area contributed by atoms with Gasteiger partial charge in [0, 0.05) is 24.3 Å². The molecule has 0 aliphatic heterocycles. The van der Waals surface area contributed by atoms with Gasteiger partial charge >= 0.3 is 0 Å². The quantitative estimate of drug-likeness (QED) is 0.510. The van der Waals surface area contributed by atoms with Crippen molar-refractivity contribution in [2.45, 2.75) is 13.0 Å². The molecule has 154 valence electrons. The van der Waals surface area contributed by atoms with E-state index in [1.807, 2.05) is 0 Å². The Balaban J connectivity index is 2.40. The largest absolute Gasteiger partial charge is 0.323 e. The molecule has 13 heteroatoms. The molecule has 1 unspecified atom stereocenters. The number of nitrogens with zero attached hydrogens (tertiary/aromatic N) is 3. The third-order valence-electron chi connectivity index (χ3n) is 3.80. The van der Waals surface area contributed by atoms with Crippen molar-refractivity contribution in [3.63, 3.8) is 0 Å². The maximum atomic E-state index is 12.6. The zero-order chi connectivity index (χ0) is 21.9. The van der Waals surface area contributed by atoms with Crippen LogP contribution in [0.15, 0.2) is 42.5 Å². The third-order valence-corrected chi connectivity index (χ3v) is 5.37. The first kappa shape index (κ1) is 22.0. The standard InChI is InChI=1S/C16H15ClN4O7S/c1-10(16(22)18-15-9-13(21(25)26)6-7-14(15)17)19(29(2,27)28)11-4-3-5-12(8-11)20(23)24/h3-10H,1-2H3,(H,18,22).